The standard InChI is InChI=1S/C9H18O4/c1-5-6(10)7(11)8(12)13-9(2,3)4/h6-7,10-11H,5H2,1-4H3/t6-,7+/m1/s1. The molecule has 0 unspecified atom stereocenters. The van der Waals surface area contributed by atoms with Crippen LogP contribution < -0.4 is 0 Å². The number of ether oxygens (including phenoxy) is 1. The Balaban J connectivity index is 4.12. The molecule has 4 heteroatoms. The van der Waals surface area contributed by atoms with E-state index < -0.39 is 23.8 Å². The van der Waals surface area contributed by atoms with E-state index in [1.807, 2.05) is 0 Å². The number of rotatable bonds is 3. The lowest BCUT2D eigenvalue weighted by atomic mass is 10.1. The summed E-state index contributed by atoms with van der Waals surface area (Å²) in [5, 5.41) is 18.4. The molecule has 0 heterocycles. The lowest BCUT2D eigenvalue weighted by molar-refractivity contribution is -0.171. The molecule has 0 saturated heterocycles. The Labute approximate surface area is 78.5 Å². The zero-order valence-corrected chi connectivity index (χ0v) is 8.57. The van der Waals surface area contributed by atoms with Crippen LogP contribution in [-0.2, 0) is 9.53 Å². The first-order valence-electron chi connectivity index (χ1n) is 4.37. The maximum Gasteiger partial charge on any atom is 0.338 e. The van der Waals surface area contributed by atoms with Crippen LogP contribution in [-0.4, -0.2) is 34.0 Å². The molecule has 2 N–H and O–H groups in total. The largest absolute Gasteiger partial charge is 0.458 e. The number of hydrogen-bond acceptors (Lipinski definition) is 4. The molecule has 0 saturated carbocycles. The molecule has 4 nitrogen and oxygen atoms in total. The maximum absolute atomic E-state index is 11.1. The second kappa shape index (κ2) is 4.58. The van der Waals surface area contributed by atoms with Crippen LogP contribution in [0.4, 0.5) is 0 Å². The highest BCUT2D eigenvalue weighted by molar-refractivity contribution is 5.75. The zero-order valence-electron chi connectivity index (χ0n) is 8.57. The molecule has 0 bridgehead atoms. The highest BCUT2D eigenvalue weighted by Crippen LogP contribution is 2.10. The summed E-state index contributed by atoms with van der Waals surface area (Å²) >= 11 is 0. The van der Waals surface area contributed by atoms with Crippen molar-refractivity contribution in [2.75, 3.05) is 0 Å². The van der Waals surface area contributed by atoms with Gasteiger partial charge in [-0.1, -0.05) is 6.92 Å². The lowest BCUT2D eigenvalue weighted by Crippen LogP contribution is -2.38. The van der Waals surface area contributed by atoms with E-state index in [0.29, 0.717) is 6.42 Å². The summed E-state index contributed by atoms with van der Waals surface area (Å²) in [5.41, 5.74) is -0.633. The van der Waals surface area contributed by atoms with Crippen LogP contribution in [0.25, 0.3) is 0 Å². The average molecular weight is 190 g/mol. The van der Waals surface area contributed by atoms with E-state index >= 15 is 0 Å². The lowest BCUT2D eigenvalue weighted by Gasteiger charge is -2.23. The van der Waals surface area contributed by atoms with Crippen molar-refractivity contribution in [2.45, 2.75) is 51.9 Å². The van der Waals surface area contributed by atoms with Gasteiger partial charge in [0.05, 0.1) is 6.10 Å². The Bertz CT molecular complexity index is 171. The molecule has 0 aliphatic carbocycles. The van der Waals surface area contributed by atoms with Crippen molar-refractivity contribution < 1.29 is 19.7 Å². The van der Waals surface area contributed by atoms with E-state index in [1.165, 1.54) is 0 Å². The van der Waals surface area contributed by atoms with Gasteiger partial charge in [0.15, 0.2) is 6.10 Å². The molecule has 13 heavy (non-hydrogen) atoms. The smallest absolute Gasteiger partial charge is 0.338 e. The fourth-order valence-electron chi connectivity index (χ4n) is 0.742. The van der Waals surface area contributed by atoms with Crippen molar-refractivity contribution >= 4 is 5.97 Å². The van der Waals surface area contributed by atoms with Crippen LogP contribution in [0.1, 0.15) is 34.1 Å². The first-order valence-corrected chi connectivity index (χ1v) is 4.37. The summed E-state index contributed by atoms with van der Waals surface area (Å²) in [6.07, 6.45) is -2.17. The fourth-order valence-corrected chi connectivity index (χ4v) is 0.742. The number of carbonyl (C=O) groups is 1. The number of hydrogen-bond donors (Lipinski definition) is 2. The summed E-state index contributed by atoms with van der Waals surface area (Å²) in [6, 6.07) is 0. The Morgan fingerprint density at radius 1 is 1.38 bits per heavy atom. The number of aliphatic hydroxyl groups excluding tert-OH is 2. The third kappa shape index (κ3) is 4.85. The second-order valence-electron chi connectivity index (χ2n) is 3.95. The molecule has 0 rings (SSSR count). The predicted molar refractivity (Wildman–Crippen MR) is 48.1 cm³/mol. The van der Waals surface area contributed by atoms with Crippen LogP contribution in [0.2, 0.25) is 0 Å². The minimum atomic E-state index is -1.44. The Morgan fingerprint density at radius 3 is 2.15 bits per heavy atom. The van der Waals surface area contributed by atoms with Gasteiger partial charge in [0, 0.05) is 0 Å². The van der Waals surface area contributed by atoms with Gasteiger partial charge >= 0.3 is 5.97 Å². The topological polar surface area (TPSA) is 66.8 Å². The van der Waals surface area contributed by atoms with Crippen molar-refractivity contribution in [2.24, 2.45) is 0 Å². The fraction of sp³-hybridized carbons (Fsp3) is 0.889. The molecule has 0 aromatic heterocycles. The molecule has 2 atom stereocenters. The van der Waals surface area contributed by atoms with E-state index in [0.717, 1.165) is 0 Å². The summed E-state index contributed by atoms with van der Waals surface area (Å²) in [4.78, 5) is 11.1. The zero-order chi connectivity index (χ0) is 10.6. The van der Waals surface area contributed by atoms with Crippen molar-refractivity contribution in [1.29, 1.82) is 0 Å². The van der Waals surface area contributed by atoms with Gasteiger partial charge in [-0.15, -0.1) is 0 Å². The summed E-state index contributed by atoms with van der Waals surface area (Å²) in [5.74, 6) is -0.776. The minimum absolute atomic E-state index is 0.320. The summed E-state index contributed by atoms with van der Waals surface area (Å²) in [6.45, 7) is 6.79. The highest BCUT2D eigenvalue weighted by atomic mass is 16.6. The van der Waals surface area contributed by atoms with Crippen molar-refractivity contribution in [3.63, 3.8) is 0 Å². The molecule has 0 aliphatic rings. The van der Waals surface area contributed by atoms with Crippen LogP contribution in [0.15, 0.2) is 0 Å². The van der Waals surface area contributed by atoms with E-state index in [2.05, 4.69) is 0 Å². The number of esters is 1. The van der Waals surface area contributed by atoms with Crippen molar-refractivity contribution in [1.82, 2.24) is 0 Å². The summed E-state index contributed by atoms with van der Waals surface area (Å²) in [7, 11) is 0. The van der Waals surface area contributed by atoms with Gasteiger partial charge in [0.2, 0.25) is 0 Å². The van der Waals surface area contributed by atoms with E-state index in [-0.39, 0.29) is 0 Å². The van der Waals surface area contributed by atoms with Gasteiger partial charge in [-0.25, -0.2) is 4.79 Å². The molecule has 0 fully saturated rings. The van der Waals surface area contributed by atoms with Gasteiger partial charge in [-0.05, 0) is 27.2 Å². The van der Waals surface area contributed by atoms with E-state index in [1.54, 1.807) is 27.7 Å². The number of carbonyl (C=O) groups excluding carboxylic acids is 1. The average Bonchev–Trinajstić information content (AvgIpc) is 1.98. The van der Waals surface area contributed by atoms with Crippen LogP contribution >= 0.6 is 0 Å². The van der Waals surface area contributed by atoms with E-state index in [4.69, 9.17) is 9.84 Å². The normalized spacial score (nSPS) is 16.5. The first kappa shape index (κ1) is 12.4. The van der Waals surface area contributed by atoms with Crippen molar-refractivity contribution in [3.8, 4) is 0 Å². The Morgan fingerprint density at radius 2 is 1.85 bits per heavy atom. The third-order valence-electron chi connectivity index (χ3n) is 1.43. The Kier molecular flexibility index (Phi) is 4.36. The van der Waals surface area contributed by atoms with Gasteiger partial charge in [-0.3, -0.25) is 0 Å². The van der Waals surface area contributed by atoms with Crippen LogP contribution in [0.5, 0.6) is 0 Å². The molecule has 0 aromatic rings. The van der Waals surface area contributed by atoms with Gasteiger partial charge in [-0.2, -0.15) is 0 Å². The minimum Gasteiger partial charge on any atom is -0.458 e. The molecular formula is C9H18O4. The third-order valence-corrected chi connectivity index (χ3v) is 1.43. The predicted octanol–water partition coefficient (Wildman–Crippen LogP) is 0.460. The van der Waals surface area contributed by atoms with Gasteiger partial charge in [0.1, 0.15) is 5.60 Å². The second-order valence-corrected chi connectivity index (χ2v) is 3.95. The number of aliphatic hydroxyl groups is 2. The van der Waals surface area contributed by atoms with Crippen LogP contribution in [0, 0.1) is 0 Å². The molecule has 0 spiro atoms. The molecule has 0 aromatic carbocycles. The van der Waals surface area contributed by atoms with Gasteiger partial charge in [0.25, 0.3) is 0 Å². The maximum atomic E-state index is 11.1. The highest BCUT2D eigenvalue weighted by Gasteiger charge is 2.27. The monoisotopic (exact) mass is 190 g/mol. The molecule has 78 valence electrons. The van der Waals surface area contributed by atoms with Crippen LogP contribution in [0.3, 0.4) is 0 Å². The van der Waals surface area contributed by atoms with Gasteiger partial charge < -0.3 is 14.9 Å². The SMILES string of the molecule is CC[C@@H](O)[C@H](O)C(=O)OC(C)(C)C. The molecule has 0 aliphatic heterocycles. The summed E-state index contributed by atoms with van der Waals surface area (Å²) < 4.78 is 4.87. The first-order chi connectivity index (χ1) is 5.78. The van der Waals surface area contributed by atoms with Crippen molar-refractivity contribution in [3.05, 3.63) is 0 Å². The molecule has 0 radical (unpaired) electrons. The van der Waals surface area contributed by atoms with E-state index in [9.17, 15) is 9.90 Å². The Hall–Kier alpha value is -0.610. The molecular weight excluding hydrogens is 172 g/mol. The quantitative estimate of drug-likeness (QED) is 0.634. The molecule has 0 amide bonds.